The molecule has 0 radical (unpaired) electrons. The fourth-order valence-electron chi connectivity index (χ4n) is 2.89. The van der Waals surface area contributed by atoms with Crippen molar-refractivity contribution < 1.29 is 19.1 Å². The topological polar surface area (TPSA) is 88.4 Å². The number of rotatable bonds is 6. The maximum atomic E-state index is 12.4. The second-order valence-corrected chi connectivity index (χ2v) is 7.50. The summed E-state index contributed by atoms with van der Waals surface area (Å²) in [6.07, 6.45) is 2.00. The molecule has 2 rings (SSSR count). The minimum Gasteiger partial charge on any atom is -0.477 e. The first-order chi connectivity index (χ1) is 12.8. The minimum atomic E-state index is -1.05. The second kappa shape index (κ2) is 9.29. The number of amides is 1. The molecule has 1 aromatic carbocycles. The van der Waals surface area contributed by atoms with Crippen molar-refractivity contribution in [1.29, 1.82) is 5.26 Å². The van der Waals surface area contributed by atoms with Crippen LogP contribution in [0.15, 0.2) is 18.2 Å². The standard InChI is InChI=1S/C19H22Cl2N2O4/c1-12(17(24)23-19(11-22)8-4-3-5-9-19)27-18(25)13(2)26-16-7-6-14(20)10-15(16)21/h6-7,10,12-13H,3-5,8-9H2,1-2H3,(H,23,24)/t12-,13-/m0/s1. The Morgan fingerprint density at radius 2 is 1.85 bits per heavy atom. The van der Waals surface area contributed by atoms with Gasteiger partial charge in [0.05, 0.1) is 11.1 Å². The number of hydrogen-bond acceptors (Lipinski definition) is 5. The number of halogens is 2. The van der Waals surface area contributed by atoms with Gasteiger partial charge in [-0.05, 0) is 44.9 Å². The molecule has 0 bridgehead atoms. The van der Waals surface area contributed by atoms with Gasteiger partial charge in [-0.15, -0.1) is 0 Å². The monoisotopic (exact) mass is 412 g/mol. The first kappa shape index (κ1) is 21.3. The Morgan fingerprint density at radius 3 is 2.44 bits per heavy atom. The van der Waals surface area contributed by atoms with Crippen molar-refractivity contribution >= 4 is 35.1 Å². The van der Waals surface area contributed by atoms with E-state index in [0.29, 0.717) is 17.9 Å². The van der Waals surface area contributed by atoms with E-state index >= 15 is 0 Å². The lowest BCUT2D eigenvalue weighted by atomic mass is 9.83. The predicted octanol–water partition coefficient (Wildman–Crippen LogP) is 4.04. The fraction of sp³-hybridized carbons (Fsp3) is 0.526. The Hall–Kier alpha value is -1.97. The van der Waals surface area contributed by atoms with Crippen LogP contribution in [0.2, 0.25) is 10.0 Å². The van der Waals surface area contributed by atoms with Crippen LogP contribution in [0.25, 0.3) is 0 Å². The van der Waals surface area contributed by atoms with Crippen molar-refractivity contribution in [2.24, 2.45) is 0 Å². The third-order valence-electron chi connectivity index (χ3n) is 4.48. The van der Waals surface area contributed by atoms with Crippen molar-refractivity contribution in [2.45, 2.75) is 63.7 Å². The number of benzene rings is 1. The molecule has 1 saturated carbocycles. The van der Waals surface area contributed by atoms with Crippen LogP contribution in [0.1, 0.15) is 46.0 Å². The van der Waals surface area contributed by atoms with E-state index in [9.17, 15) is 14.9 Å². The molecule has 0 unspecified atom stereocenters. The maximum absolute atomic E-state index is 12.4. The van der Waals surface area contributed by atoms with Gasteiger partial charge in [-0.3, -0.25) is 4.79 Å². The van der Waals surface area contributed by atoms with Crippen LogP contribution < -0.4 is 10.1 Å². The molecule has 1 aliphatic rings. The summed E-state index contributed by atoms with van der Waals surface area (Å²) in [5.41, 5.74) is -0.880. The van der Waals surface area contributed by atoms with Crippen LogP contribution in [-0.2, 0) is 14.3 Å². The predicted molar refractivity (Wildman–Crippen MR) is 102 cm³/mol. The fourth-order valence-corrected chi connectivity index (χ4v) is 3.34. The molecule has 1 fully saturated rings. The van der Waals surface area contributed by atoms with Crippen LogP contribution in [0, 0.1) is 11.3 Å². The second-order valence-electron chi connectivity index (χ2n) is 6.66. The average Bonchev–Trinajstić information content (AvgIpc) is 2.64. The number of carbonyl (C=O) groups is 2. The van der Waals surface area contributed by atoms with E-state index in [-0.39, 0.29) is 10.8 Å². The molecule has 0 aromatic heterocycles. The normalized spacial score (nSPS) is 17.9. The summed E-state index contributed by atoms with van der Waals surface area (Å²) >= 11 is 11.8. The average molecular weight is 413 g/mol. The van der Waals surface area contributed by atoms with E-state index < -0.39 is 29.6 Å². The summed E-state index contributed by atoms with van der Waals surface area (Å²) < 4.78 is 10.7. The van der Waals surface area contributed by atoms with Gasteiger partial charge in [-0.2, -0.15) is 5.26 Å². The summed E-state index contributed by atoms with van der Waals surface area (Å²) in [6.45, 7) is 2.96. The molecule has 146 valence electrons. The Kier molecular flexibility index (Phi) is 7.34. The van der Waals surface area contributed by atoms with E-state index in [2.05, 4.69) is 11.4 Å². The van der Waals surface area contributed by atoms with Gasteiger partial charge in [0.1, 0.15) is 11.3 Å². The summed E-state index contributed by atoms with van der Waals surface area (Å²) in [6, 6.07) is 6.83. The van der Waals surface area contributed by atoms with Crippen molar-refractivity contribution in [3.63, 3.8) is 0 Å². The summed E-state index contributed by atoms with van der Waals surface area (Å²) in [5, 5.41) is 12.9. The smallest absolute Gasteiger partial charge is 0.347 e. The number of ether oxygens (including phenoxy) is 2. The van der Waals surface area contributed by atoms with Crippen molar-refractivity contribution in [1.82, 2.24) is 5.32 Å². The number of nitrogens with one attached hydrogen (secondary N) is 1. The van der Waals surface area contributed by atoms with Gasteiger partial charge >= 0.3 is 5.97 Å². The van der Waals surface area contributed by atoms with Crippen LogP contribution in [0.5, 0.6) is 5.75 Å². The van der Waals surface area contributed by atoms with Gasteiger partial charge in [-0.25, -0.2) is 4.79 Å². The number of nitrogens with zero attached hydrogens (tertiary/aromatic N) is 1. The van der Waals surface area contributed by atoms with E-state index in [1.807, 2.05) is 0 Å². The van der Waals surface area contributed by atoms with E-state index in [1.54, 1.807) is 12.1 Å². The van der Waals surface area contributed by atoms with E-state index in [4.69, 9.17) is 32.7 Å². The minimum absolute atomic E-state index is 0.265. The van der Waals surface area contributed by atoms with Crippen LogP contribution in [-0.4, -0.2) is 29.6 Å². The molecule has 8 heteroatoms. The van der Waals surface area contributed by atoms with E-state index in [0.717, 1.165) is 19.3 Å². The van der Waals surface area contributed by atoms with Crippen molar-refractivity contribution in [2.75, 3.05) is 0 Å². The molecule has 0 aliphatic heterocycles. The van der Waals surface area contributed by atoms with Crippen molar-refractivity contribution in [3.8, 4) is 11.8 Å². The maximum Gasteiger partial charge on any atom is 0.347 e. The molecular formula is C19H22Cl2N2O4. The Labute approximate surface area is 168 Å². The summed E-state index contributed by atoms with van der Waals surface area (Å²) in [5.74, 6) is -0.921. The molecule has 0 saturated heterocycles. The Bertz CT molecular complexity index is 742. The van der Waals surface area contributed by atoms with Gasteiger partial charge < -0.3 is 14.8 Å². The number of hydrogen-bond donors (Lipinski definition) is 1. The van der Waals surface area contributed by atoms with Gasteiger partial charge in [0, 0.05) is 5.02 Å². The molecule has 0 spiro atoms. The zero-order chi connectivity index (χ0) is 20.0. The quantitative estimate of drug-likeness (QED) is 0.712. The highest BCUT2D eigenvalue weighted by molar-refractivity contribution is 6.35. The molecular weight excluding hydrogens is 391 g/mol. The summed E-state index contributed by atoms with van der Waals surface area (Å²) in [4.78, 5) is 24.6. The van der Waals surface area contributed by atoms with Crippen LogP contribution in [0.3, 0.4) is 0 Å². The lowest BCUT2D eigenvalue weighted by Crippen LogP contribution is -2.52. The largest absolute Gasteiger partial charge is 0.477 e. The molecule has 1 aromatic rings. The molecule has 27 heavy (non-hydrogen) atoms. The lowest BCUT2D eigenvalue weighted by Gasteiger charge is -2.32. The van der Waals surface area contributed by atoms with E-state index in [1.165, 1.54) is 19.9 Å². The van der Waals surface area contributed by atoms with Crippen LogP contribution in [0.4, 0.5) is 0 Å². The molecule has 1 N–H and O–H groups in total. The van der Waals surface area contributed by atoms with Gasteiger partial charge in [-0.1, -0.05) is 42.5 Å². The van der Waals surface area contributed by atoms with Crippen LogP contribution >= 0.6 is 23.2 Å². The summed E-state index contributed by atoms with van der Waals surface area (Å²) in [7, 11) is 0. The molecule has 6 nitrogen and oxygen atoms in total. The number of esters is 1. The molecule has 0 heterocycles. The molecule has 1 amide bonds. The highest BCUT2D eigenvalue weighted by Gasteiger charge is 2.35. The Morgan fingerprint density at radius 1 is 1.19 bits per heavy atom. The lowest BCUT2D eigenvalue weighted by molar-refractivity contribution is -0.161. The first-order valence-electron chi connectivity index (χ1n) is 8.82. The zero-order valence-electron chi connectivity index (χ0n) is 15.3. The van der Waals surface area contributed by atoms with Gasteiger partial charge in [0.2, 0.25) is 0 Å². The number of carbonyl (C=O) groups excluding carboxylic acids is 2. The highest BCUT2D eigenvalue weighted by Crippen LogP contribution is 2.29. The molecule has 1 aliphatic carbocycles. The third-order valence-corrected chi connectivity index (χ3v) is 5.01. The Balaban J connectivity index is 1.91. The van der Waals surface area contributed by atoms with Gasteiger partial charge in [0.25, 0.3) is 5.91 Å². The number of nitriles is 1. The SMILES string of the molecule is C[C@H](OC(=O)[C@H](C)Oc1ccc(Cl)cc1Cl)C(=O)NC1(C#N)CCCCC1. The highest BCUT2D eigenvalue weighted by atomic mass is 35.5. The van der Waals surface area contributed by atoms with Gasteiger partial charge in [0.15, 0.2) is 12.2 Å². The zero-order valence-corrected chi connectivity index (χ0v) is 16.8. The third kappa shape index (κ3) is 5.75. The van der Waals surface area contributed by atoms with Crippen molar-refractivity contribution in [3.05, 3.63) is 28.2 Å². The molecule has 2 atom stereocenters. The first-order valence-corrected chi connectivity index (χ1v) is 9.57.